The molecule has 0 bridgehead atoms. The van der Waals surface area contributed by atoms with Gasteiger partial charge in [-0.05, 0) is 25.1 Å². The fourth-order valence-electron chi connectivity index (χ4n) is 1.27. The Balaban J connectivity index is 2.42. The molecule has 84 valence electrons. The Morgan fingerprint density at radius 2 is 2.25 bits per heavy atom. The van der Waals surface area contributed by atoms with Crippen LogP contribution in [0.1, 0.15) is 18.7 Å². The van der Waals surface area contributed by atoms with Gasteiger partial charge in [0.05, 0.1) is 11.9 Å². The Hall–Kier alpha value is -1.27. The van der Waals surface area contributed by atoms with E-state index in [-0.39, 0.29) is 11.9 Å². The molecule has 16 heavy (non-hydrogen) atoms. The second kappa shape index (κ2) is 4.31. The highest BCUT2D eigenvalue weighted by Gasteiger charge is 2.09. The number of aromatic nitrogens is 3. The van der Waals surface area contributed by atoms with Crippen LogP contribution in [-0.4, -0.2) is 15.0 Å². The molecule has 0 saturated heterocycles. The number of nitrogens with zero attached hydrogens (tertiary/aromatic N) is 3. The van der Waals surface area contributed by atoms with Crippen LogP contribution in [0.25, 0.3) is 5.69 Å². The minimum Gasteiger partial charge on any atom is -0.323 e. The number of halogens is 2. The molecule has 0 aliphatic rings. The smallest absolute Gasteiger partial charge is 0.150 e. The van der Waals surface area contributed by atoms with E-state index in [0.29, 0.717) is 15.9 Å². The molecule has 0 spiro atoms. The van der Waals surface area contributed by atoms with Crippen LogP contribution in [0.4, 0.5) is 4.39 Å². The molecule has 0 saturated carbocycles. The van der Waals surface area contributed by atoms with Crippen LogP contribution < -0.4 is 5.73 Å². The van der Waals surface area contributed by atoms with Gasteiger partial charge in [0.2, 0.25) is 0 Å². The Kier molecular flexibility index (Phi) is 3.02. The Labute approximate surface area is 100 Å². The molecule has 2 aromatic rings. The Bertz CT molecular complexity index is 509. The summed E-state index contributed by atoms with van der Waals surface area (Å²) in [7, 11) is 0. The summed E-state index contributed by atoms with van der Waals surface area (Å²) in [4.78, 5) is 0. The lowest BCUT2D eigenvalue weighted by atomic mass is 10.3. The predicted octanol–water partition coefficient (Wildman–Crippen LogP) is 2.19. The number of nitrogens with two attached hydrogens (primary N) is 1. The molecule has 1 aromatic heterocycles. The second-order valence-electron chi connectivity index (χ2n) is 3.47. The number of benzene rings is 1. The lowest BCUT2D eigenvalue weighted by Gasteiger charge is -2.02. The zero-order chi connectivity index (χ0) is 11.7. The van der Waals surface area contributed by atoms with Crippen molar-refractivity contribution in [3.63, 3.8) is 0 Å². The highest BCUT2D eigenvalue weighted by atomic mass is 79.9. The van der Waals surface area contributed by atoms with Crippen molar-refractivity contribution in [3.8, 4) is 5.69 Å². The average Bonchev–Trinajstić information content (AvgIpc) is 2.66. The Morgan fingerprint density at radius 3 is 2.81 bits per heavy atom. The maximum atomic E-state index is 13.6. The minimum atomic E-state index is -0.365. The molecule has 0 amide bonds. The van der Waals surface area contributed by atoms with Crippen LogP contribution in [0.5, 0.6) is 0 Å². The molecule has 0 radical (unpaired) electrons. The average molecular weight is 285 g/mol. The summed E-state index contributed by atoms with van der Waals surface area (Å²) in [6.07, 6.45) is 1.62. The highest BCUT2D eigenvalue weighted by Crippen LogP contribution is 2.18. The molecule has 1 atom stereocenters. The summed E-state index contributed by atoms with van der Waals surface area (Å²) >= 11 is 3.19. The fourth-order valence-corrected chi connectivity index (χ4v) is 1.60. The van der Waals surface area contributed by atoms with Crippen molar-refractivity contribution >= 4 is 15.9 Å². The summed E-state index contributed by atoms with van der Waals surface area (Å²) in [6.45, 7) is 1.80. The van der Waals surface area contributed by atoms with Crippen molar-refractivity contribution in [2.45, 2.75) is 13.0 Å². The highest BCUT2D eigenvalue weighted by molar-refractivity contribution is 9.10. The van der Waals surface area contributed by atoms with E-state index in [4.69, 9.17) is 5.73 Å². The SMILES string of the molecule is CC(N)c1cn(-c2ccc(Br)cc2F)nn1. The van der Waals surface area contributed by atoms with Crippen molar-refractivity contribution in [1.29, 1.82) is 0 Å². The molecule has 2 N–H and O–H groups in total. The van der Waals surface area contributed by atoms with Crippen molar-refractivity contribution in [2.75, 3.05) is 0 Å². The van der Waals surface area contributed by atoms with Crippen molar-refractivity contribution < 1.29 is 4.39 Å². The third-order valence-electron chi connectivity index (χ3n) is 2.13. The summed E-state index contributed by atoms with van der Waals surface area (Å²) in [5.41, 5.74) is 6.63. The van der Waals surface area contributed by atoms with Crippen molar-refractivity contribution in [1.82, 2.24) is 15.0 Å². The first kappa shape index (κ1) is 11.2. The first-order valence-corrected chi connectivity index (χ1v) is 5.50. The third-order valence-corrected chi connectivity index (χ3v) is 2.63. The van der Waals surface area contributed by atoms with E-state index >= 15 is 0 Å². The van der Waals surface area contributed by atoms with Gasteiger partial charge in [-0.3, -0.25) is 0 Å². The van der Waals surface area contributed by atoms with E-state index in [2.05, 4.69) is 26.2 Å². The lowest BCUT2D eigenvalue weighted by Crippen LogP contribution is -2.05. The van der Waals surface area contributed by atoms with Gasteiger partial charge >= 0.3 is 0 Å². The predicted molar refractivity (Wildman–Crippen MR) is 61.6 cm³/mol. The van der Waals surface area contributed by atoms with Gasteiger partial charge in [-0.2, -0.15) is 0 Å². The molecule has 1 heterocycles. The fraction of sp³-hybridized carbons (Fsp3) is 0.200. The molecule has 1 unspecified atom stereocenters. The molecule has 0 fully saturated rings. The zero-order valence-electron chi connectivity index (χ0n) is 8.56. The molecule has 0 aliphatic carbocycles. The summed E-state index contributed by atoms with van der Waals surface area (Å²) in [6, 6.07) is 4.53. The molecule has 4 nitrogen and oxygen atoms in total. The van der Waals surface area contributed by atoms with Crippen LogP contribution in [-0.2, 0) is 0 Å². The van der Waals surface area contributed by atoms with Gasteiger partial charge in [-0.25, -0.2) is 9.07 Å². The van der Waals surface area contributed by atoms with Gasteiger partial charge in [0, 0.05) is 10.5 Å². The van der Waals surface area contributed by atoms with Crippen LogP contribution in [0.15, 0.2) is 28.9 Å². The maximum absolute atomic E-state index is 13.6. The number of hydrogen-bond donors (Lipinski definition) is 1. The van der Waals surface area contributed by atoms with Gasteiger partial charge in [-0.15, -0.1) is 5.10 Å². The van der Waals surface area contributed by atoms with Crippen LogP contribution >= 0.6 is 15.9 Å². The molecule has 1 aromatic carbocycles. The first-order chi connectivity index (χ1) is 7.58. The van der Waals surface area contributed by atoms with Crippen molar-refractivity contribution in [3.05, 3.63) is 40.4 Å². The van der Waals surface area contributed by atoms with Crippen LogP contribution in [0, 0.1) is 5.82 Å². The van der Waals surface area contributed by atoms with Gasteiger partial charge in [0.25, 0.3) is 0 Å². The summed E-state index contributed by atoms with van der Waals surface area (Å²) in [5, 5.41) is 7.69. The molecule has 2 rings (SSSR count). The first-order valence-electron chi connectivity index (χ1n) is 4.71. The van der Waals surface area contributed by atoms with Gasteiger partial charge in [-0.1, -0.05) is 21.1 Å². The van der Waals surface area contributed by atoms with E-state index < -0.39 is 0 Å². The van der Waals surface area contributed by atoms with E-state index in [9.17, 15) is 4.39 Å². The van der Waals surface area contributed by atoms with Gasteiger partial charge in [0.1, 0.15) is 11.5 Å². The molecule has 6 heteroatoms. The topological polar surface area (TPSA) is 56.7 Å². The zero-order valence-corrected chi connectivity index (χ0v) is 10.1. The molecular weight excluding hydrogens is 275 g/mol. The quantitative estimate of drug-likeness (QED) is 0.920. The van der Waals surface area contributed by atoms with E-state index in [0.717, 1.165) is 0 Å². The standard InChI is InChI=1S/C10H10BrFN4/c1-6(13)9-5-16(15-14-9)10-3-2-7(11)4-8(10)12/h2-6H,13H2,1H3. The van der Waals surface area contributed by atoms with Gasteiger partial charge < -0.3 is 5.73 Å². The van der Waals surface area contributed by atoms with Gasteiger partial charge in [0.15, 0.2) is 0 Å². The van der Waals surface area contributed by atoms with Crippen LogP contribution in [0.3, 0.4) is 0 Å². The largest absolute Gasteiger partial charge is 0.323 e. The third kappa shape index (κ3) is 2.12. The number of hydrogen-bond acceptors (Lipinski definition) is 3. The second-order valence-corrected chi connectivity index (χ2v) is 4.39. The summed E-state index contributed by atoms with van der Waals surface area (Å²) in [5.74, 6) is -0.365. The maximum Gasteiger partial charge on any atom is 0.150 e. The minimum absolute atomic E-state index is 0.216. The van der Waals surface area contributed by atoms with Crippen molar-refractivity contribution in [2.24, 2.45) is 5.73 Å². The van der Waals surface area contributed by atoms with E-state index in [1.54, 1.807) is 25.3 Å². The number of rotatable bonds is 2. The molecule has 0 aliphatic heterocycles. The summed E-state index contributed by atoms with van der Waals surface area (Å²) < 4.78 is 15.7. The van der Waals surface area contributed by atoms with E-state index in [1.165, 1.54) is 10.7 Å². The Morgan fingerprint density at radius 1 is 1.50 bits per heavy atom. The monoisotopic (exact) mass is 284 g/mol. The lowest BCUT2D eigenvalue weighted by molar-refractivity contribution is 0.606. The van der Waals surface area contributed by atoms with E-state index in [1.807, 2.05) is 0 Å². The molecular formula is C10H10BrFN4. The normalized spacial score (nSPS) is 12.8. The van der Waals surface area contributed by atoms with Crippen LogP contribution in [0.2, 0.25) is 0 Å².